The number of hydrogen-bond acceptors (Lipinski definition) is 4. The van der Waals surface area contributed by atoms with E-state index in [2.05, 4.69) is 5.10 Å². The number of ether oxygens (including phenoxy) is 1. The van der Waals surface area contributed by atoms with E-state index < -0.39 is 5.82 Å². The van der Waals surface area contributed by atoms with Crippen molar-refractivity contribution in [3.63, 3.8) is 0 Å². The van der Waals surface area contributed by atoms with Gasteiger partial charge in [-0.15, -0.1) is 0 Å². The number of aryl methyl sites for hydroxylation is 1. The SMILES string of the molecule is COc1ccc(F)c(-c2cc(N)n(C)n2)c1O. The second kappa shape index (κ2) is 3.97. The van der Waals surface area contributed by atoms with Crippen LogP contribution in [-0.2, 0) is 7.05 Å². The summed E-state index contributed by atoms with van der Waals surface area (Å²) in [6.07, 6.45) is 0. The molecule has 0 aliphatic rings. The molecule has 0 unspecified atom stereocenters. The molecule has 0 saturated heterocycles. The molecule has 6 heteroatoms. The molecule has 0 aliphatic heterocycles. The summed E-state index contributed by atoms with van der Waals surface area (Å²) >= 11 is 0. The molecular weight excluding hydrogens is 225 g/mol. The molecule has 0 aliphatic carbocycles. The van der Waals surface area contributed by atoms with E-state index >= 15 is 0 Å². The number of halogens is 1. The smallest absolute Gasteiger partial charge is 0.170 e. The monoisotopic (exact) mass is 237 g/mol. The van der Waals surface area contributed by atoms with Crippen LogP contribution in [0.3, 0.4) is 0 Å². The highest BCUT2D eigenvalue weighted by molar-refractivity contribution is 5.72. The highest BCUT2D eigenvalue weighted by Gasteiger charge is 2.18. The van der Waals surface area contributed by atoms with E-state index in [0.717, 1.165) is 0 Å². The highest BCUT2D eigenvalue weighted by Crippen LogP contribution is 2.38. The van der Waals surface area contributed by atoms with Crippen molar-refractivity contribution in [1.29, 1.82) is 0 Å². The maximum atomic E-state index is 13.7. The van der Waals surface area contributed by atoms with Crippen LogP contribution in [0, 0.1) is 5.82 Å². The van der Waals surface area contributed by atoms with Crippen molar-refractivity contribution in [2.24, 2.45) is 7.05 Å². The molecule has 0 saturated carbocycles. The third kappa shape index (κ3) is 1.77. The molecule has 1 aromatic carbocycles. The summed E-state index contributed by atoms with van der Waals surface area (Å²) in [7, 11) is 3.03. The van der Waals surface area contributed by atoms with E-state index in [4.69, 9.17) is 10.5 Å². The van der Waals surface area contributed by atoms with Gasteiger partial charge in [0.2, 0.25) is 0 Å². The van der Waals surface area contributed by atoms with Gasteiger partial charge in [0, 0.05) is 13.1 Å². The summed E-state index contributed by atoms with van der Waals surface area (Å²) in [5.74, 6) is -0.306. The first-order chi connectivity index (χ1) is 8.04. The summed E-state index contributed by atoms with van der Waals surface area (Å²) in [4.78, 5) is 0. The standard InChI is InChI=1S/C11H12FN3O2/c1-15-9(13)5-7(14-15)10-6(12)3-4-8(17-2)11(10)16/h3-5,16H,13H2,1-2H3. The van der Waals surface area contributed by atoms with Crippen molar-refractivity contribution in [3.05, 3.63) is 24.0 Å². The number of nitrogens with zero attached hydrogens (tertiary/aromatic N) is 2. The zero-order valence-corrected chi connectivity index (χ0v) is 9.44. The fourth-order valence-corrected chi connectivity index (χ4v) is 1.56. The fourth-order valence-electron chi connectivity index (χ4n) is 1.56. The lowest BCUT2D eigenvalue weighted by Gasteiger charge is -2.07. The van der Waals surface area contributed by atoms with Crippen LogP contribution in [-0.4, -0.2) is 22.0 Å². The second-order valence-electron chi connectivity index (χ2n) is 3.55. The molecule has 0 spiro atoms. The van der Waals surface area contributed by atoms with Gasteiger partial charge in [0.05, 0.1) is 12.7 Å². The van der Waals surface area contributed by atoms with Crippen LogP contribution in [0.5, 0.6) is 11.5 Å². The van der Waals surface area contributed by atoms with Crippen molar-refractivity contribution in [3.8, 4) is 22.8 Å². The molecule has 2 aromatic rings. The topological polar surface area (TPSA) is 73.3 Å². The number of nitrogens with two attached hydrogens (primary N) is 1. The maximum Gasteiger partial charge on any atom is 0.170 e. The number of hydrogen-bond donors (Lipinski definition) is 2. The van der Waals surface area contributed by atoms with E-state index in [0.29, 0.717) is 5.82 Å². The third-order valence-electron chi connectivity index (χ3n) is 2.48. The first kappa shape index (κ1) is 11.3. The van der Waals surface area contributed by atoms with Gasteiger partial charge < -0.3 is 15.6 Å². The number of nitrogen functional groups attached to an aromatic ring is 1. The van der Waals surface area contributed by atoms with Crippen molar-refractivity contribution in [1.82, 2.24) is 9.78 Å². The van der Waals surface area contributed by atoms with Crippen molar-refractivity contribution >= 4 is 5.82 Å². The van der Waals surface area contributed by atoms with Crippen molar-refractivity contribution in [2.75, 3.05) is 12.8 Å². The van der Waals surface area contributed by atoms with Gasteiger partial charge in [-0.05, 0) is 12.1 Å². The van der Waals surface area contributed by atoms with Crippen molar-refractivity contribution in [2.45, 2.75) is 0 Å². The molecule has 5 nitrogen and oxygen atoms in total. The summed E-state index contributed by atoms with van der Waals surface area (Å²) in [5, 5.41) is 13.9. The highest BCUT2D eigenvalue weighted by atomic mass is 19.1. The number of aromatic nitrogens is 2. The number of anilines is 1. The van der Waals surface area contributed by atoms with Crippen LogP contribution in [0.2, 0.25) is 0 Å². The van der Waals surface area contributed by atoms with Gasteiger partial charge in [-0.3, -0.25) is 4.68 Å². The number of phenols is 1. The van der Waals surface area contributed by atoms with Gasteiger partial charge in [-0.25, -0.2) is 4.39 Å². The zero-order chi connectivity index (χ0) is 12.6. The second-order valence-corrected chi connectivity index (χ2v) is 3.55. The van der Waals surface area contributed by atoms with Crippen LogP contribution in [0.25, 0.3) is 11.3 Å². The molecule has 1 heterocycles. The number of benzene rings is 1. The van der Waals surface area contributed by atoms with E-state index in [-0.39, 0.29) is 22.8 Å². The van der Waals surface area contributed by atoms with Gasteiger partial charge in [0.1, 0.15) is 17.3 Å². The molecule has 17 heavy (non-hydrogen) atoms. The molecule has 0 atom stereocenters. The Morgan fingerprint density at radius 1 is 1.47 bits per heavy atom. The quantitative estimate of drug-likeness (QED) is 0.830. The van der Waals surface area contributed by atoms with Crippen LogP contribution in [0.1, 0.15) is 0 Å². The minimum Gasteiger partial charge on any atom is -0.504 e. The molecule has 0 bridgehead atoms. The predicted octanol–water partition coefficient (Wildman–Crippen LogP) is 1.52. The number of phenolic OH excluding ortho intramolecular Hbond substituents is 1. The maximum absolute atomic E-state index is 13.7. The van der Waals surface area contributed by atoms with Gasteiger partial charge >= 0.3 is 0 Å². The molecule has 0 fully saturated rings. The van der Waals surface area contributed by atoms with Crippen LogP contribution in [0.4, 0.5) is 10.2 Å². The molecule has 2 rings (SSSR count). The normalized spacial score (nSPS) is 10.5. The molecule has 90 valence electrons. The number of rotatable bonds is 2. The lowest BCUT2D eigenvalue weighted by atomic mass is 10.1. The van der Waals surface area contributed by atoms with E-state index in [1.165, 1.54) is 30.0 Å². The Morgan fingerprint density at radius 3 is 2.71 bits per heavy atom. The average molecular weight is 237 g/mol. The third-order valence-corrected chi connectivity index (χ3v) is 2.48. The van der Waals surface area contributed by atoms with E-state index in [1.54, 1.807) is 7.05 Å². The molecule has 1 aromatic heterocycles. The van der Waals surface area contributed by atoms with E-state index in [1.807, 2.05) is 0 Å². The van der Waals surface area contributed by atoms with Gasteiger partial charge in [-0.2, -0.15) is 5.10 Å². The molecule has 3 N–H and O–H groups in total. The lowest BCUT2D eigenvalue weighted by Crippen LogP contribution is -1.97. The van der Waals surface area contributed by atoms with Gasteiger partial charge in [0.15, 0.2) is 11.5 Å². The summed E-state index contributed by atoms with van der Waals surface area (Å²) in [6.45, 7) is 0. The van der Waals surface area contributed by atoms with Crippen LogP contribution < -0.4 is 10.5 Å². The molecule has 0 radical (unpaired) electrons. The minimum absolute atomic E-state index is 0.0170. The number of aromatic hydroxyl groups is 1. The lowest BCUT2D eigenvalue weighted by molar-refractivity contribution is 0.372. The zero-order valence-electron chi connectivity index (χ0n) is 9.44. The Morgan fingerprint density at radius 2 is 2.18 bits per heavy atom. The Hall–Kier alpha value is -2.24. The average Bonchev–Trinajstić information content (AvgIpc) is 2.59. The van der Waals surface area contributed by atoms with Gasteiger partial charge in [-0.1, -0.05) is 0 Å². The summed E-state index contributed by atoms with van der Waals surface area (Å²) < 4.78 is 20.0. The molecular formula is C11H12FN3O2. The first-order valence-corrected chi connectivity index (χ1v) is 4.90. The Labute approximate surface area is 97.2 Å². The Bertz CT molecular complexity index is 547. The van der Waals surface area contributed by atoms with Crippen molar-refractivity contribution < 1.29 is 14.2 Å². The number of methoxy groups -OCH3 is 1. The largest absolute Gasteiger partial charge is 0.504 e. The van der Waals surface area contributed by atoms with E-state index in [9.17, 15) is 9.50 Å². The first-order valence-electron chi connectivity index (χ1n) is 4.90. The predicted molar refractivity (Wildman–Crippen MR) is 61.2 cm³/mol. The van der Waals surface area contributed by atoms with Crippen LogP contribution >= 0.6 is 0 Å². The van der Waals surface area contributed by atoms with Gasteiger partial charge in [0.25, 0.3) is 0 Å². The minimum atomic E-state index is -0.582. The Balaban J connectivity index is 2.65. The fraction of sp³-hybridized carbons (Fsp3) is 0.182. The molecule has 0 amide bonds. The Kier molecular flexibility index (Phi) is 2.63. The van der Waals surface area contributed by atoms with Crippen LogP contribution in [0.15, 0.2) is 18.2 Å². The summed E-state index contributed by atoms with van der Waals surface area (Å²) in [5.41, 5.74) is 5.86. The summed E-state index contributed by atoms with van der Waals surface area (Å²) in [6, 6.07) is 4.04.